The third-order valence-electron chi connectivity index (χ3n) is 3.59. The quantitative estimate of drug-likeness (QED) is 0.894. The second-order valence-corrected chi connectivity index (χ2v) is 4.74. The number of rotatable bonds is 2. The van der Waals surface area contributed by atoms with Crippen LogP contribution in [0.5, 0.6) is 5.75 Å². The maximum Gasteiger partial charge on any atom is 0.146 e. The molecule has 0 bridgehead atoms. The average molecular weight is 259 g/mol. The SMILES string of the molecule is COc1ccc(C2CCOCC2)c2ncc(N)nc12. The number of methoxy groups -OCH3 is 1. The van der Waals surface area contributed by atoms with Crippen molar-refractivity contribution in [3.05, 3.63) is 23.9 Å². The monoisotopic (exact) mass is 259 g/mol. The number of hydrogen-bond acceptors (Lipinski definition) is 5. The maximum absolute atomic E-state index is 5.73. The van der Waals surface area contributed by atoms with Crippen LogP contribution in [-0.4, -0.2) is 30.3 Å². The highest BCUT2D eigenvalue weighted by Gasteiger charge is 2.20. The number of nitrogen functional groups attached to an aromatic ring is 1. The molecule has 1 aliphatic heterocycles. The zero-order valence-corrected chi connectivity index (χ0v) is 10.9. The van der Waals surface area contributed by atoms with E-state index in [1.54, 1.807) is 13.3 Å². The standard InChI is InChI=1S/C14H17N3O2/c1-18-11-3-2-10(9-4-6-19-7-5-9)13-14(11)17-12(15)8-16-13/h2-3,8-9H,4-7H2,1H3,(H2,15,17). The molecule has 5 heteroatoms. The molecule has 0 aliphatic carbocycles. The average Bonchev–Trinajstić information content (AvgIpc) is 2.47. The van der Waals surface area contributed by atoms with Gasteiger partial charge in [-0.3, -0.25) is 4.98 Å². The zero-order valence-electron chi connectivity index (χ0n) is 10.9. The first-order valence-corrected chi connectivity index (χ1v) is 6.46. The molecule has 1 aromatic carbocycles. The maximum atomic E-state index is 5.73. The molecule has 0 saturated carbocycles. The highest BCUT2D eigenvalue weighted by atomic mass is 16.5. The summed E-state index contributed by atoms with van der Waals surface area (Å²) in [7, 11) is 1.63. The van der Waals surface area contributed by atoms with Crippen LogP contribution in [0, 0.1) is 0 Å². The molecular weight excluding hydrogens is 242 g/mol. The third-order valence-corrected chi connectivity index (χ3v) is 3.59. The van der Waals surface area contributed by atoms with Gasteiger partial charge in [0.15, 0.2) is 0 Å². The summed E-state index contributed by atoms with van der Waals surface area (Å²) in [4.78, 5) is 8.82. The van der Waals surface area contributed by atoms with Gasteiger partial charge in [0.05, 0.1) is 18.8 Å². The van der Waals surface area contributed by atoms with Crippen LogP contribution in [0.2, 0.25) is 0 Å². The predicted octanol–water partition coefficient (Wildman–Crippen LogP) is 2.11. The first-order valence-electron chi connectivity index (χ1n) is 6.46. The van der Waals surface area contributed by atoms with Crippen molar-refractivity contribution in [1.82, 2.24) is 9.97 Å². The van der Waals surface area contributed by atoms with Crippen LogP contribution in [0.25, 0.3) is 11.0 Å². The van der Waals surface area contributed by atoms with E-state index in [4.69, 9.17) is 15.2 Å². The molecule has 0 radical (unpaired) electrons. The fraction of sp³-hybridized carbons (Fsp3) is 0.429. The van der Waals surface area contributed by atoms with Gasteiger partial charge >= 0.3 is 0 Å². The van der Waals surface area contributed by atoms with Crippen molar-refractivity contribution in [2.45, 2.75) is 18.8 Å². The Bertz CT molecular complexity index is 595. The van der Waals surface area contributed by atoms with Crippen LogP contribution in [0.15, 0.2) is 18.3 Å². The number of nitrogens with zero attached hydrogens (tertiary/aromatic N) is 2. The van der Waals surface area contributed by atoms with Crippen LogP contribution >= 0.6 is 0 Å². The van der Waals surface area contributed by atoms with Crippen LogP contribution in [0.3, 0.4) is 0 Å². The van der Waals surface area contributed by atoms with E-state index in [1.807, 2.05) is 6.07 Å². The molecule has 1 fully saturated rings. The molecule has 5 nitrogen and oxygen atoms in total. The van der Waals surface area contributed by atoms with Gasteiger partial charge in [-0.05, 0) is 30.4 Å². The highest BCUT2D eigenvalue weighted by molar-refractivity contribution is 5.85. The third kappa shape index (κ3) is 2.21. The van der Waals surface area contributed by atoms with Gasteiger partial charge in [-0.25, -0.2) is 4.98 Å². The van der Waals surface area contributed by atoms with Crippen LogP contribution < -0.4 is 10.5 Å². The van der Waals surface area contributed by atoms with Crippen molar-refractivity contribution in [1.29, 1.82) is 0 Å². The topological polar surface area (TPSA) is 70.3 Å². The number of anilines is 1. The van der Waals surface area contributed by atoms with Crippen molar-refractivity contribution < 1.29 is 9.47 Å². The minimum atomic E-state index is 0.412. The molecule has 2 N–H and O–H groups in total. The number of hydrogen-bond donors (Lipinski definition) is 1. The molecule has 100 valence electrons. The van der Waals surface area contributed by atoms with E-state index in [-0.39, 0.29) is 0 Å². The van der Waals surface area contributed by atoms with Crippen LogP contribution in [0.1, 0.15) is 24.3 Å². The van der Waals surface area contributed by atoms with Crippen molar-refractivity contribution in [3.63, 3.8) is 0 Å². The molecule has 2 aromatic rings. The van der Waals surface area contributed by atoms with Gasteiger partial charge in [-0.1, -0.05) is 6.07 Å². The van der Waals surface area contributed by atoms with Crippen molar-refractivity contribution in [3.8, 4) is 5.75 Å². The van der Waals surface area contributed by atoms with E-state index in [2.05, 4.69) is 16.0 Å². The van der Waals surface area contributed by atoms with E-state index in [0.29, 0.717) is 17.5 Å². The number of aromatic nitrogens is 2. The summed E-state index contributed by atoms with van der Waals surface area (Å²) in [5.41, 5.74) is 8.57. The Kier molecular flexibility index (Phi) is 3.21. The lowest BCUT2D eigenvalue weighted by Gasteiger charge is -2.23. The number of nitrogens with two attached hydrogens (primary N) is 1. The summed E-state index contributed by atoms with van der Waals surface area (Å²) >= 11 is 0. The lowest BCUT2D eigenvalue weighted by molar-refractivity contribution is 0.0855. The first kappa shape index (κ1) is 12.2. The zero-order chi connectivity index (χ0) is 13.2. The van der Waals surface area contributed by atoms with E-state index >= 15 is 0 Å². The Morgan fingerprint density at radius 2 is 2.05 bits per heavy atom. The molecule has 0 amide bonds. The van der Waals surface area contributed by atoms with Gasteiger partial charge in [-0.15, -0.1) is 0 Å². The van der Waals surface area contributed by atoms with Crippen LogP contribution in [0.4, 0.5) is 5.82 Å². The fourth-order valence-corrected chi connectivity index (χ4v) is 2.61. The van der Waals surface area contributed by atoms with E-state index < -0.39 is 0 Å². The molecule has 0 unspecified atom stereocenters. The second kappa shape index (κ2) is 5.01. The number of fused-ring (bicyclic) bond motifs is 1. The van der Waals surface area contributed by atoms with Crippen LogP contribution in [-0.2, 0) is 4.74 Å². The second-order valence-electron chi connectivity index (χ2n) is 4.74. The molecule has 1 aromatic heterocycles. The molecule has 1 aliphatic rings. The lowest BCUT2D eigenvalue weighted by atomic mass is 9.90. The molecule has 19 heavy (non-hydrogen) atoms. The van der Waals surface area contributed by atoms with Gasteiger partial charge in [0, 0.05) is 13.2 Å². The lowest BCUT2D eigenvalue weighted by Crippen LogP contribution is -2.14. The molecule has 2 heterocycles. The van der Waals surface area contributed by atoms with Gasteiger partial charge in [-0.2, -0.15) is 0 Å². The molecular formula is C14H17N3O2. The molecule has 0 spiro atoms. The Balaban J connectivity index is 2.14. The van der Waals surface area contributed by atoms with E-state index in [0.717, 1.165) is 37.1 Å². The van der Waals surface area contributed by atoms with Crippen molar-refractivity contribution >= 4 is 16.9 Å². The Hall–Kier alpha value is -1.88. The predicted molar refractivity (Wildman–Crippen MR) is 73.3 cm³/mol. The minimum Gasteiger partial charge on any atom is -0.494 e. The number of ether oxygens (including phenoxy) is 2. The smallest absolute Gasteiger partial charge is 0.146 e. The summed E-state index contributed by atoms with van der Waals surface area (Å²) in [6.45, 7) is 1.61. The van der Waals surface area contributed by atoms with E-state index in [1.165, 1.54) is 5.56 Å². The van der Waals surface area contributed by atoms with Gasteiger partial charge in [0.25, 0.3) is 0 Å². The normalized spacial score (nSPS) is 16.7. The largest absolute Gasteiger partial charge is 0.494 e. The van der Waals surface area contributed by atoms with Gasteiger partial charge < -0.3 is 15.2 Å². The Morgan fingerprint density at radius 3 is 2.79 bits per heavy atom. The van der Waals surface area contributed by atoms with E-state index in [9.17, 15) is 0 Å². The van der Waals surface area contributed by atoms with Gasteiger partial charge in [0.2, 0.25) is 0 Å². The summed E-state index contributed by atoms with van der Waals surface area (Å²) in [6, 6.07) is 4.03. The summed E-state index contributed by atoms with van der Waals surface area (Å²) in [5.74, 6) is 1.60. The fourth-order valence-electron chi connectivity index (χ4n) is 2.61. The van der Waals surface area contributed by atoms with Crippen molar-refractivity contribution in [2.75, 3.05) is 26.1 Å². The molecule has 1 saturated heterocycles. The summed E-state index contributed by atoms with van der Waals surface area (Å²) in [5, 5.41) is 0. The summed E-state index contributed by atoms with van der Waals surface area (Å²) < 4.78 is 10.8. The first-order chi connectivity index (χ1) is 9.29. The minimum absolute atomic E-state index is 0.412. The highest BCUT2D eigenvalue weighted by Crippen LogP contribution is 2.34. The Labute approximate surface area is 111 Å². The number of benzene rings is 1. The molecule has 0 atom stereocenters. The molecule has 3 rings (SSSR count). The van der Waals surface area contributed by atoms with Crippen molar-refractivity contribution in [2.24, 2.45) is 0 Å². The summed E-state index contributed by atoms with van der Waals surface area (Å²) in [6.07, 6.45) is 3.64. The Morgan fingerprint density at radius 1 is 1.26 bits per heavy atom. The van der Waals surface area contributed by atoms with Gasteiger partial charge in [0.1, 0.15) is 17.1 Å².